The van der Waals surface area contributed by atoms with E-state index in [2.05, 4.69) is 13.8 Å². The third kappa shape index (κ3) is 4.45. The van der Waals surface area contributed by atoms with Gasteiger partial charge in [-0.25, -0.2) is 0 Å². The average molecular weight is 300 g/mol. The molecule has 0 aliphatic heterocycles. The molecule has 0 aromatic heterocycles. The number of carboxylic acids is 1. The average Bonchev–Trinajstić information content (AvgIpc) is 2.23. The second kappa shape index (κ2) is 7.28. The fourth-order valence-electron chi connectivity index (χ4n) is 2.97. The van der Waals surface area contributed by atoms with E-state index in [4.69, 9.17) is 4.74 Å². The third-order valence-corrected chi connectivity index (χ3v) is 4.17. The van der Waals surface area contributed by atoms with Crippen LogP contribution in [0.3, 0.4) is 0 Å². The number of hydrogen-bond acceptors (Lipinski definition) is 3. The smallest absolute Gasteiger partial charge is 0.324 e. The quantitative estimate of drug-likeness (QED) is 0.567. The highest BCUT2D eigenvalue weighted by Gasteiger charge is 2.58. The van der Waals surface area contributed by atoms with Crippen LogP contribution in [0.5, 0.6) is 0 Å². The lowest BCUT2D eigenvalue weighted by Gasteiger charge is -2.42. The summed E-state index contributed by atoms with van der Waals surface area (Å²) >= 11 is 0. The van der Waals surface area contributed by atoms with Gasteiger partial charge in [0, 0.05) is 0 Å². The van der Waals surface area contributed by atoms with E-state index in [1.54, 1.807) is 34.6 Å². The molecule has 0 aliphatic rings. The first kappa shape index (κ1) is 19.9. The summed E-state index contributed by atoms with van der Waals surface area (Å²) in [7, 11) is 0. The van der Waals surface area contributed by atoms with Crippen molar-refractivity contribution in [3.8, 4) is 0 Å². The molecule has 0 spiro atoms. The van der Waals surface area contributed by atoms with E-state index < -0.39 is 22.8 Å². The summed E-state index contributed by atoms with van der Waals surface area (Å²) in [5.41, 5.74) is -2.25. The molecule has 0 bridgehead atoms. The summed E-state index contributed by atoms with van der Waals surface area (Å²) in [6.07, 6.45) is 1.44. The molecule has 0 amide bonds. The lowest BCUT2D eigenvalue weighted by atomic mass is 9.60. The molecule has 0 radical (unpaired) electrons. The van der Waals surface area contributed by atoms with Crippen LogP contribution in [0, 0.1) is 22.7 Å². The summed E-state index contributed by atoms with van der Waals surface area (Å²) in [6, 6.07) is 0. The number of carbonyl (C=O) groups excluding carboxylic acids is 1. The Morgan fingerprint density at radius 3 is 1.76 bits per heavy atom. The van der Waals surface area contributed by atoms with E-state index in [0.29, 0.717) is 5.92 Å². The number of rotatable bonds is 7. The van der Waals surface area contributed by atoms with Crippen molar-refractivity contribution in [2.45, 2.75) is 74.3 Å². The van der Waals surface area contributed by atoms with Crippen molar-refractivity contribution in [3.63, 3.8) is 0 Å². The lowest BCUT2D eigenvalue weighted by Crippen LogP contribution is -2.54. The molecular weight excluding hydrogens is 268 g/mol. The van der Waals surface area contributed by atoms with Gasteiger partial charge < -0.3 is 9.84 Å². The van der Waals surface area contributed by atoms with Crippen LogP contribution in [0.25, 0.3) is 0 Å². The van der Waals surface area contributed by atoms with Crippen molar-refractivity contribution in [2.24, 2.45) is 22.7 Å². The maximum atomic E-state index is 12.6. The van der Waals surface area contributed by atoms with Crippen molar-refractivity contribution >= 4 is 11.9 Å². The number of carbonyl (C=O) groups is 2. The van der Waals surface area contributed by atoms with Gasteiger partial charge in [-0.3, -0.25) is 9.59 Å². The van der Waals surface area contributed by atoms with Gasteiger partial charge in [0.05, 0.1) is 6.10 Å². The lowest BCUT2D eigenvalue weighted by molar-refractivity contribution is -0.186. The minimum Gasteiger partial charge on any atom is -0.480 e. The van der Waals surface area contributed by atoms with Crippen LogP contribution in [0.15, 0.2) is 0 Å². The first-order valence-electron chi connectivity index (χ1n) is 7.81. The van der Waals surface area contributed by atoms with Crippen molar-refractivity contribution in [1.82, 2.24) is 0 Å². The Morgan fingerprint density at radius 1 is 1.00 bits per heavy atom. The summed E-state index contributed by atoms with van der Waals surface area (Å²) in [6.45, 7) is 14.9. The van der Waals surface area contributed by atoms with Crippen molar-refractivity contribution < 1.29 is 19.4 Å². The Bertz CT molecular complexity index is 365. The van der Waals surface area contributed by atoms with Crippen LogP contribution in [0.4, 0.5) is 0 Å². The topological polar surface area (TPSA) is 63.6 Å². The maximum Gasteiger partial charge on any atom is 0.324 e. The van der Waals surface area contributed by atoms with Gasteiger partial charge in [-0.05, 0) is 37.0 Å². The van der Waals surface area contributed by atoms with Crippen molar-refractivity contribution in [1.29, 1.82) is 0 Å². The van der Waals surface area contributed by atoms with E-state index in [1.165, 1.54) is 0 Å². The SMILES string of the molecule is CC(C)CCC(C)OC(=O)C(C(=O)O)(C(C)C)C(C)(C)C. The van der Waals surface area contributed by atoms with Crippen molar-refractivity contribution in [2.75, 3.05) is 0 Å². The zero-order valence-electron chi connectivity index (χ0n) is 14.8. The largest absolute Gasteiger partial charge is 0.480 e. The molecule has 124 valence electrons. The van der Waals surface area contributed by atoms with Gasteiger partial charge in [-0.15, -0.1) is 0 Å². The normalized spacial score (nSPS) is 16.7. The van der Waals surface area contributed by atoms with Crippen LogP contribution in [0.2, 0.25) is 0 Å². The molecule has 0 aliphatic carbocycles. The van der Waals surface area contributed by atoms with Gasteiger partial charge in [-0.2, -0.15) is 0 Å². The fourth-order valence-corrected chi connectivity index (χ4v) is 2.97. The zero-order chi connectivity index (χ0) is 17.0. The minimum absolute atomic E-state index is 0.264. The first-order valence-corrected chi connectivity index (χ1v) is 7.81. The third-order valence-electron chi connectivity index (χ3n) is 4.17. The fraction of sp³-hybridized carbons (Fsp3) is 0.882. The summed E-state index contributed by atoms with van der Waals surface area (Å²) in [5, 5.41) is 9.73. The molecule has 0 heterocycles. The van der Waals surface area contributed by atoms with Crippen LogP contribution in [-0.4, -0.2) is 23.1 Å². The second-order valence-corrected chi connectivity index (χ2v) is 7.70. The number of aliphatic carboxylic acids is 1. The van der Waals surface area contributed by atoms with Gasteiger partial charge in [0.2, 0.25) is 0 Å². The molecule has 0 fully saturated rings. The van der Waals surface area contributed by atoms with E-state index in [0.717, 1.165) is 12.8 Å². The number of carboxylic acid groups (broad SMARTS) is 1. The Kier molecular flexibility index (Phi) is 6.91. The molecule has 0 aromatic rings. The van der Waals surface area contributed by atoms with Gasteiger partial charge in [0.1, 0.15) is 0 Å². The second-order valence-electron chi connectivity index (χ2n) is 7.70. The number of esters is 1. The van der Waals surface area contributed by atoms with Crippen LogP contribution in [0.1, 0.15) is 68.2 Å². The highest BCUT2D eigenvalue weighted by molar-refractivity contribution is 6.00. The van der Waals surface area contributed by atoms with Gasteiger partial charge in [0.15, 0.2) is 5.41 Å². The van der Waals surface area contributed by atoms with Crippen LogP contribution < -0.4 is 0 Å². The first-order chi connectivity index (χ1) is 9.37. The number of ether oxygens (including phenoxy) is 1. The van der Waals surface area contributed by atoms with E-state index >= 15 is 0 Å². The van der Waals surface area contributed by atoms with Gasteiger partial charge in [-0.1, -0.05) is 48.5 Å². The Labute approximate surface area is 129 Å². The van der Waals surface area contributed by atoms with Crippen LogP contribution >= 0.6 is 0 Å². The van der Waals surface area contributed by atoms with Gasteiger partial charge >= 0.3 is 11.9 Å². The van der Waals surface area contributed by atoms with Crippen molar-refractivity contribution in [3.05, 3.63) is 0 Å². The molecule has 2 atom stereocenters. The zero-order valence-corrected chi connectivity index (χ0v) is 14.8. The summed E-state index contributed by atoms with van der Waals surface area (Å²) < 4.78 is 5.50. The van der Waals surface area contributed by atoms with E-state index in [-0.39, 0.29) is 12.0 Å². The molecule has 0 saturated heterocycles. The molecule has 21 heavy (non-hydrogen) atoms. The molecule has 0 aromatic carbocycles. The highest BCUT2D eigenvalue weighted by atomic mass is 16.5. The standard InChI is InChI=1S/C17H32O4/c1-11(2)9-10-13(5)21-15(20)17(12(3)4,14(18)19)16(6,7)8/h11-13H,9-10H2,1-8H3,(H,18,19). The summed E-state index contributed by atoms with van der Waals surface area (Å²) in [5.74, 6) is -1.54. The molecule has 2 unspecified atom stereocenters. The van der Waals surface area contributed by atoms with E-state index in [9.17, 15) is 14.7 Å². The molecule has 0 rings (SSSR count). The molecule has 0 saturated carbocycles. The predicted molar refractivity (Wildman–Crippen MR) is 84.0 cm³/mol. The molecule has 1 N–H and O–H groups in total. The Hall–Kier alpha value is -1.06. The van der Waals surface area contributed by atoms with Gasteiger partial charge in [0.25, 0.3) is 0 Å². The summed E-state index contributed by atoms with van der Waals surface area (Å²) in [4.78, 5) is 24.5. The minimum atomic E-state index is -1.53. The predicted octanol–water partition coefficient (Wildman–Crippen LogP) is 4.13. The molecular formula is C17H32O4. The monoisotopic (exact) mass is 300 g/mol. The number of hydrogen-bond donors (Lipinski definition) is 1. The molecule has 4 nitrogen and oxygen atoms in total. The van der Waals surface area contributed by atoms with E-state index in [1.807, 2.05) is 6.92 Å². The molecule has 4 heteroatoms. The maximum absolute atomic E-state index is 12.6. The Balaban J connectivity index is 5.29. The highest BCUT2D eigenvalue weighted by Crippen LogP contribution is 2.46. The Morgan fingerprint density at radius 2 is 1.48 bits per heavy atom. The van der Waals surface area contributed by atoms with Crippen LogP contribution in [-0.2, 0) is 14.3 Å².